The second-order valence-corrected chi connectivity index (χ2v) is 4.19. The van der Waals surface area contributed by atoms with Gasteiger partial charge >= 0.3 is 6.09 Å². The van der Waals surface area contributed by atoms with Crippen LogP contribution in [0.3, 0.4) is 0 Å². The number of likely N-dealkylation sites (tertiary alicyclic amines) is 1. The number of methoxy groups -OCH3 is 1. The van der Waals surface area contributed by atoms with E-state index in [0.717, 1.165) is 25.9 Å². The quantitative estimate of drug-likeness (QED) is 0.872. The highest BCUT2D eigenvalue weighted by Crippen LogP contribution is 2.15. The summed E-state index contributed by atoms with van der Waals surface area (Å²) in [6.07, 6.45) is 1.63. The lowest BCUT2D eigenvalue weighted by molar-refractivity contribution is 0.0793. The van der Waals surface area contributed by atoms with Crippen LogP contribution in [0.15, 0.2) is 24.3 Å². The summed E-state index contributed by atoms with van der Waals surface area (Å²) in [5, 5.41) is 2.54. The van der Waals surface area contributed by atoms with Crippen molar-refractivity contribution in [2.75, 3.05) is 25.5 Å². The number of amides is 2. The molecule has 2 amide bonds. The van der Waals surface area contributed by atoms with E-state index in [-0.39, 0.29) is 5.91 Å². The molecule has 0 aromatic heterocycles. The van der Waals surface area contributed by atoms with Gasteiger partial charge < -0.3 is 9.64 Å². The van der Waals surface area contributed by atoms with Crippen molar-refractivity contribution < 1.29 is 14.3 Å². The standard InChI is InChI=1S/C13H16N2O3/c1-18-13(17)14-11-6-4-10(5-7-11)12(16)15-8-2-3-9-15/h4-7H,2-3,8-9H2,1H3,(H,14,17). The van der Waals surface area contributed by atoms with Crippen molar-refractivity contribution >= 4 is 17.7 Å². The molecule has 5 heteroatoms. The van der Waals surface area contributed by atoms with Gasteiger partial charge in [-0.05, 0) is 37.1 Å². The molecule has 1 saturated heterocycles. The minimum atomic E-state index is -0.520. The van der Waals surface area contributed by atoms with Gasteiger partial charge in [-0.2, -0.15) is 0 Å². The number of carbonyl (C=O) groups excluding carboxylic acids is 2. The molecule has 1 aromatic rings. The summed E-state index contributed by atoms with van der Waals surface area (Å²) in [4.78, 5) is 24.9. The fraction of sp³-hybridized carbons (Fsp3) is 0.385. The monoisotopic (exact) mass is 248 g/mol. The highest BCUT2D eigenvalue weighted by atomic mass is 16.5. The zero-order valence-electron chi connectivity index (χ0n) is 10.3. The summed E-state index contributed by atoms with van der Waals surface area (Å²) >= 11 is 0. The van der Waals surface area contributed by atoms with Gasteiger partial charge in [0.1, 0.15) is 0 Å². The second kappa shape index (κ2) is 5.53. The Balaban J connectivity index is 2.02. The van der Waals surface area contributed by atoms with Crippen molar-refractivity contribution in [3.8, 4) is 0 Å². The molecule has 0 saturated carbocycles. The highest BCUT2D eigenvalue weighted by Gasteiger charge is 2.19. The molecule has 1 aliphatic rings. The van der Waals surface area contributed by atoms with Gasteiger partial charge in [0.05, 0.1) is 7.11 Å². The minimum absolute atomic E-state index is 0.0529. The Morgan fingerprint density at radius 1 is 1.17 bits per heavy atom. The lowest BCUT2D eigenvalue weighted by Crippen LogP contribution is -2.27. The van der Waals surface area contributed by atoms with Gasteiger partial charge in [-0.1, -0.05) is 0 Å². The summed E-state index contributed by atoms with van der Waals surface area (Å²) in [5.41, 5.74) is 1.26. The van der Waals surface area contributed by atoms with Crippen molar-refractivity contribution in [3.63, 3.8) is 0 Å². The first-order chi connectivity index (χ1) is 8.70. The van der Waals surface area contributed by atoms with E-state index in [9.17, 15) is 9.59 Å². The number of carbonyl (C=O) groups is 2. The Hall–Kier alpha value is -2.04. The van der Waals surface area contributed by atoms with Crippen LogP contribution in [0.1, 0.15) is 23.2 Å². The van der Waals surface area contributed by atoms with E-state index in [2.05, 4.69) is 10.1 Å². The SMILES string of the molecule is COC(=O)Nc1ccc(C(=O)N2CCCC2)cc1. The fourth-order valence-electron chi connectivity index (χ4n) is 1.97. The largest absolute Gasteiger partial charge is 0.453 e. The summed E-state index contributed by atoms with van der Waals surface area (Å²) < 4.78 is 4.49. The summed E-state index contributed by atoms with van der Waals surface area (Å²) in [7, 11) is 1.31. The predicted molar refractivity (Wildman–Crippen MR) is 67.6 cm³/mol. The predicted octanol–water partition coefficient (Wildman–Crippen LogP) is 2.10. The first kappa shape index (κ1) is 12.4. The lowest BCUT2D eigenvalue weighted by Gasteiger charge is -2.15. The molecule has 0 spiro atoms. The lowest BCUT2D eigenvalue weighted by atomic mass is 10.2. The van der Waals surface area contributed by atoms with Gasteiger partial charge in [0.2, 0.25) is 0 Å². The van der Waals surface area contributed by atoms with Crippen molar-refractivity contribution in [1.82, 2.24) is 4.90 Å². The maximum absolute atomic E-state index is 12.1. The summed E-state index contributed by atoms with van der Waals surface area (Å²) in [6, 6.07) is 6.82. The van der Waals surface area contributed by atoms with Crippen LogP contribution in [0, 0.1) is 0 Å². The maximum atomic E-state index is 12.1. The Morgan fingerprint density at radius 2 is 1.78 bits per heavy atom. The van der Waals surface area contributed by atoms with E-state index in [0.29, 0.717) is 11.3 Å². The average molecular weight is 248 g/mol. The molecule has 1 aliphatic heterocycles. The summed E-state index contributed by atoms with van der Waals surface area (Å²) in [6.45, 7) is 1.67. The third kappa shape index (κ3) is 2.80. The normalized spacial score (nSPS) is 14.4. The van der Waals surface area contributed by atoms with Crippen LogP contribution in [-0.2, 0) is 4.74 Å². The van der Waals surface area contributed by atoms with Crippen molar-refractivity contribution in [2.24, 2.45) is 0 Å². The zero-order chi connectivity index (χ0) is 13.0. The number of hydrogen-bond donors (Lipinski definition) is 1. The molecule has 0 radical (unpaired) electrons. The first-order valence-electron chi connectivity index (χ1n) is 5.95. The fourth-order valence-corrected chi connectivity index (χ4v) is 1.97. The summed E-state index contributed by atoms with van der Waals surface area (Å²) in [5.74, 6) is 0.0529. The molecule has 1 fully saturated rings. The molecule has 96 valence electrons. The molecule has 0 unspecified atom stereocenters. The number of nitrogens with zero attached hydrogens (tertiary/aromatic N) is 1. The topological polar surface area (TPSA) is 58.6 Å². The van der Waals surface area contributed by atoms with E-state index >= 15 is 0 Å². The van der Waals surface area contributed by atoms with Crippen LogP contribution >= 0.6 is 0 Å². The van der Waals surface area contributed by atoms with E-state index in [1.165, 1.54) is 7.11 Å². The minimum Gasteiger partial charge on any atom is -0.453 e. The number of ether oxygens (including phenoxy) is 1. The Labute approximate surface area is 106 Å². The van der Waals surface area contributed by atoms with E-state index in [4.69, 9.17) is 0 Å². The number of nitrogens with one attached hydrogen (secondary N) is 1. The van der Waals surface area contributed by atoms with Gasteiger partial charge in [0.25, 0.3) is 5.91 Å². The van der Waals surface area contributed by atoms with Crippen LogP contribution in [0.4, 0.5) is 10.5 Å². The number of anilines is 1. The maximum Gasteiger partial charge on any atom is 0.411 e. The van der Waals surface area contributed by atoms with E-state index in [1.807, 2.05) is 4.90 Å². The molecule has 0 aliphatic carbocycles. The molecule has 1 aromatic carbocycles. The smallest absolute Gasteiger partial charge is 0.411 e. The number of benzene rings is 1. The van der Waals surface area contributed by atoms with Crippen LogP contribution in [0.25, 0.3) is 0 Å². The van der Waals surface area contributed by atoms with Gasteiger partial charge in [-0.3, -0.25) is 10.1 Å². The molecule has 1 heterocycles. The van der Waals surface area contributed by atoms with E-state index in [1.54, 1.807) is 24.3 Å². The van der Waals surface area contributed by atoms with Crippen LogP contribution in [0.2, 0.25) is 0 Å². The molecule has 0 bridgehead atoms. The van der Waals surface area contributed by atoms with E-state index < -0.39 is 6.09 Å². The molecule has 0 atom stereocenters. The Kier molecular flexibility index (Phi) is 3.82. The molecule has 1 N–H and O–H groups in total. The average Bonchev–Trinajstić information content (AvgIpc) is 2.92. The van der Waals surface area contributed by atoms with Crippen LogP contribution in [-0.4, -0.2) is 37.1 Å². The third-order valence-electron chi connectivity index (χ3n) is 2.96. The molecule has 2 rings (SSSR count). The van der Waals surface area contributed by atoms with Gasteiger partial charge in [-0.15, -0.1) is 0 Å². The molecule has 18 heavy (non-hydrogen) atoms. The molecular formula is C13H16N2O3. The van der Waals surface area contributed by atoms with Gasteiger partial charge in [0.15, 0.2) is 0 Å². The molecule has 5 nitrogen and oxygen atoms in total. The van der Waals surface area contributed by atoms with Crippen molar-refractivity contribution in [2.45, 2.75) is 12.8 Å². The van der Waals surface area contributed by atoms with Gasteiger partial charge in [0, 0.05) is 24.3 Å². The van der Waals surface area contributed by atoms with Crippen LogP contribution in [0.5, 0.6) is 0 Å². The van der Waals surface area contributed by atoms with Crippen LogP contribution < -0.4 is 5.32 Å². The van der Waals surface area contributed by atoms with Gasteiger partial charge in [-0.25, -0.2) is 4.79 Å². The number of hydrogen-bond acceptors (Lipinski definition) is 3. The Bertz CT molecular complexity index is 436. The number of rotatable bonds is 2. The first-order valence-corrected chi connectivity index (χ1v) is 5.95. The Morgan fingerprint density at radius 3 is 2.33 bits per heavy atom. The zero-order valence-corrected chi connectivity index (χ0v) is 10.3. The second-order valence-electron chi connectivity index (χ2n) is 4.19. The van der Waals surface area contributed by atoms with Crippen molar-refractivity contribution in [1.29, 1.82) is 0 Å². The third-order valence-corrected chi connectivity index (χ3v) is 2.96. The highest BCUT2D eigenvalue weighted by molar-refractivity contribution is 5.95. The van der Waals surface area contributed by atoms with Crippen molar-refractivity contribution in [3.05, 3.63) is 29.8 Å². The molecular weight excluding hydrogens is 232 g/mol.